The van der Waals surface area contributed by atoms with Crippen LogP contribution in [0.25, 0.3) is 0 Å². The Labute approximate surface area is 201 Å². The number of carbonyl (C=O) groups is 2. The van der Waals surface area contributed by atoms with E-state index < -0.39 is 21.7 Å². The van der Waals surface area contributed by atoms with Crippen LogP contribution in [-0.4, -0.2) is 78.8 Å². The van der Waals surface area contributed by atoms with Gasteiger partial charge < -0.3 is 29.6 Å². The predicted molar refractivity (Wildman–Crippen MR) is 126 cm³/mol. The molecule has 0 fully saturated rings. The first-order valence-corrected chi connectivity index (χ1v) is 12.6. The van der Waals surface area contributed by atoms with Gasteiger partial charge in [0, 0.05) is 31.9 Å². The summed E-state index contributed by atoms with van der Waals surface area (Å²) in [5, 5.41) is 10.4. The summed E-state index contributed by atoms with van der Waals surface area (Å²) in [6.07, 6.45) is 0.872. The van der Waals surface area contributed by atoms with Gasteiger partial charge in [-0.2, -0.15) is 0 Å². The third-order valence-corrected chi connectivity index (χ3v) is 5.00. The Morgan fingerprint density at radius 3 is 1.76 bits per heavy atom. The lowest BCUT2D eigenvalue weighted by molar-refractivity contribution is 0.0136. The van der Waals surface area contributed by atoms with Crippen LogP contribution in [0.4, 0.5) is 4.79 Å². The average molecular weight is 504 g/mol. The molecule has 34 heavy (non-hydrogen) atoms. The molecular formula is C22H37N3O8S. The van der Waals surface area contributed by atoms with Crippen LogP contribution in [-0.2, 0) is 29.0 Å². The predicted octanol–water partition coefficient (Wildman–Crippen LogP) is 1.42. The van der Waals surface area contributed by atoms with Gasteiger partial charge in [-0.25, -0.2) is 18.4 Å². The molecule has 0 bridgehead atoms. The lowest BCUT2D eigenvalue weighted by atomic mass is 10.2. The summed E-state index contributed by atoms with van der Waals surface area (Å²) in [5.74, 6) is -0.301. The van der Waals surface area contributed by atoms with Crippen molar-refractivity contribution in [2.45, 2.75) is 44.1 Å². The lowest BCUT2D eigenvalue weighted by Gasteiger charge is -2.19. The van der Waals surface area contributed by atoms with Crippen molar-refractivity contribution >= 4 is 22.0 Å². The van der Waals surface area contributed by atoms with Crippen LogP contribution in [0.15, 0.2) is 29.2 Å². The Kier molecular flexibility index (Phi) is 13.7. The molecule has 0 heterocycles. The Morgan fingerprint density at radius 1 is 0.824 bits per heavy atom. The number of hydrogen-bond acceptors (Lipinski definition) is 8. The van der Waals surface area contributed by atoms with E-state index in [9.17, 15) is 18.0 Å². The van der Waals surface area contributed by atoms with E-state index in [-0.39, 0.29) is 10.8 Å². The molecule has 12 heteroatoms. The standard InChI is InChI=1S/C22H37N3O8S/c1-22(2,3)33-21(27)25-11-5-13-31-15-17-32-16-14-30-12-4-10-24-20(26)18-6-8-19(9-7-18)34(23,28)29/h6-9H,4-5,10-17H2,1-3H3,(H,24,26)(H,25,27)(H2,23,28,29). The number of carbonyl (C=O) groups excluding carboxylic acids is 2. The van der Waals surface area contributed by atoms with Gasteiger partial charge in [-0.15, -0.1) is 0 Å². The highest BCUT2D eigenvalue weighted by Crippen LogP contribution is 2.08. The molecule has 2 amide bonds. The number of primary sulfonamides is 1. The highest BCUT2D eigenvalue weighted by Gasteiger charge is 2.15. The number of alkyl carbamates (subject to hydrolysis) is 1. The van der Waals surface area contributed by atoms with Crippen LogP contribution in [0, 0.1) is 0 Å². The highest BCUT2D eigenvalue weighted by molar-refractivity contribution is 7.89. The van der Waals surface area contributed by atoms with E-state index in [0.717, 1.165) is 0 Å². The van der Waals surface area contributed by atoms with Crippen molar-refractivity contribution in [3.05, 3.63) is 29.8 Å². The van der Waals surface area contributed by atoms with Gasteiger partial charge in [0.05, 0.1) is 31.3 Å². The summed E-state index contributed by atoms with van der Waals surface area (Å²) in [5.41, 5.74) is -0.158. The van der Waals surface area contributed by atoms with E-state index in [1.165, 1.54) is 24.3 Å². The maximum Gasteiger partial charge on any atom is 0.407 e. The van der Waals surface area contributed by atoms with Crippen LogP contribution in [0.2, 0.25) is 0 Å². The number of ether oxygens (including phenoxy) is 4. The Balaban J connectivity index is 1.91. The summed E-state index contributed by atoms with van der Waals surface area (Å²) >= 11 is 0. The number of rotatable bonds is 16. The smallest absolute Gasteiger partial charge is 0.407 e. The fourth-order valence-electron chi connectivity index (χ4n) is 2.49. The van der Waals surface area contributed by atoms with Crippen molar-refractivity contribution in [3.8, 4) is 0 Å². The summed E-state index contributed by atoms with van der Waals surface area (Å²) in [4.78, 5) is 23.4. The molecule has 1 aromatic rings. The summed E-state index contributed by atoms with van der Waals surface area (Å²) in [7, 11) is -3.78. The molecule has 1 aromatic carbocycles. The summed E-state index contributed by atoms with van der Waals surface area (Å²) in [6, 6.07) is 5.41. The quantitative estimate of drug-likeness (QED) is 0.286. The van der Waals surface area contributed by atoms with Crippen LogP contribution in [0.5, 0.6) is 0 Å². The highest BCUT2D eigenvalue weighted by atomic mass is 32.2. The molecule has 0 aliphatic heterocycles. The normalized spacial score (nSPS) is 11.8. The number of benzene rings is 1. The van der Waals surface area contributed by atoms with Crippen LogP contribution in [0.1, 0.15) is 44.0 Å². The molecule has 0 unspecified atom stereocenters. The molecule has 0 aromatic heterocycles. The number of hydrogen-bond donors (Lipinski definition) is 3. The fourth-order valence-corrected chi connectivity index (χ4v) is 3.01. The molecule has 1 rings (SSSR count). The summed E-state index contributed by atoms with van der Waals surface area (Å²) in [6.45, 7) is 9.09. The molecular weight excluding hydrogens is 466 g/mol. The molecule has 194 valence electrons. The Bertz CT molecular complexity index is 839. The second-order valence-electron chi connectivity index (χ2n) is 8.30. The molecule has 4 N–H and O–H groups in total. The molecule has 0 atom stereocenters. The third kappa shape index (κ3) is 14.8. The number of nitrogens with one attached hydrogen (secondary N) is 2. The van der Waals surface area contributed by atoms with E-state index in [1.54, 1.807) is 0 Å². The molecule has 0 radical (unpaired) electrons. The van der Waals surface area contributed by atoms with Gasteiger partial charge in [-0.05, 0) is 57.9 Å². The SMILES string of the molecule is CC(C)(C)OC(=O)NCCCOCCOCCOCCCNC(=O)c1ccc(S(N)(=O)=O)cc1. The van der Waals surface area contributed by atoms with Crippen molar-refractivity contribution in [2.75, 3.05) is 52.7 Å². The van der Waals surface area contributed by atoms with Gasteiger partial charge in [0.25, 0.3) is 5.91 Å². The Hall–Kier alpha value is -2.25. The third-order valence-electron chi connectivity index (χ3n) is 4.07. The number of nitrogens with two attached hydrogens (primary N) is 1. The zero-order valence-electron chi connectivity index (χ0n) is 20.1. The fraction of sp³-hybridized carbons (Fsp3) is 0.636. The number of sulfonamides is 1. The number of amides is 2. The van der Waals surface area contributed by atoms with E-state index in [2.05, 4.69) is 10.6 Å². The van der Waals surface area contributed by atoms with E-state index >= 15 is 0 Å². The molecule has 0 saturated carbocycles. The van der Waals surface area contributed by atoms with Gasteiger partial charge >= 0.3 is 6.09 Å². The molecule has 0 aliphatic rings. The Morgan fingerprint density at radius 2 is 1.29 bits per heavy atom. The van der Waals surface area contributed by atoms with Gasteiger partial charge in [0.2, 0.25) is 10.0 Å². The largest absolute Gasteiger partial charge is 0.444 e. The summed E-state index contributed by atoms with van der Waals surface area (Å²) < 4.78 is 43.8. The van der Waals surface area contributed by atoms with Crippen LogP contribution < -0.4 is 15.8 Å². The van der Waals surface area contributed by atoms with Crippen LogP contribution in [0.3, 0.4) is 0 Å². The topological polar surface area (TPSA) is 155 Å². The van der Waals surface area contributed by atoms with Crippen molar-refractivity contribution in [3.63, 3.8) is 0 Å². The lowest BCUT2D eigenvalue weighted by Crippen LogP contribution is -2.33. The van der Waals surface area contributed by atoms with E-state index in [4.69, 9.17) is 24.1 Å². The monoisotopic (exact) mass is 503 g/mol. The molecule has 0 saturated heterocycles. The second kappa shape index (κ2) is 15.6. The molecule has 0 spiro atoms. The van der Waals surface area contributed by atoms with Crippen molar-refractivity contribution in [1.29, 1.82) is 0 Å². The van der Waals surface area contributed by atoms with E-state index in [1.807, 2.05) is 20.8 Å². The maximum absolute atomic E-state index is 12.0. The first-order chi connectivity index (χ1) is 16.0. The zero-order valence-corrected chi connectivity index (χ0v) is 20.9. The van der Waals surface area contributed by atoms with Crippen LogP contribution >= 0.6 is 0 Å². The van der Waals surface area contributed by atoms with Crippen molar-refractivity contribution < 1.29 is 37.0 Å². The van der Waals surface area contributed by atoms with Gasteiger partial charge in [-0.1, -0.05) is 0 Å². The minimum absolute atomic E-state index is 0.0428. The first-order valence-electron chi connectivity index (χ1n) is 11.1. The molecule has 0 aliphatic carbocycles. The molecule has 11 nitrogen and oxygen atoms in total. The van der Waals surface area contributed by atoms with Crippen molar-refractivity contribution in [1.82, 2.24) is 10.6 Å². The van der Waals surface area contributed by atoms with Gasteiger partial charge in [-0.3, -0.25) is 4.79 Å². The first kappa shape index (κ1) is 29.8. The minimum Gasteiger partial charge on any atom is -0.444 e. The van der Waals surface area contributed by atoms with Gasteiger partial charge in [0.15, 0.2) is 0 Å². The second-order valence-corrected chi connectivity index (χ2v) is 9.86. The van der Waals surface area contributed by atoms with E-state index in [0.29, 0.717) is 71.1 Å². The maximum atomic E-state index is 12.0. The van der Waals surface area contributed by atoms with Crippen molar-refractivity contribution in [2.24, 2.45) is 5.14 Å². The zero-order chi connectivity index (χ0) is 25.5. The minimum atomic E-state index is -3.78. The average Bonchev–Trinajstić information content (AvgIpc) is 2.74. The van der Waals surface area contributed by atoms with Gasteiger partial charge in [0.1, 0.15) is 5.60 Å².